The smallest absolute Gasteiger partial charge is 0.438 e. The van der Waals surface area contributed by atoms with E-state index in [9.17, 15) is 13.9 Å². The number of benzene rings is 4. The summed E-state index contributed by atoms with van der Waals surface area (Å²) in [5, 5.41) is 7.17. The number of rotatable bonds is 13. The van der Waals surface area contributed by atoms with Crippen LogP contribution in [0.3, 0.4) is 0 Å². The zero-order valence-corrected chi connectivity index (χ0v) is 38.3. The first-order valence-corrected chi connectivity index (χ1v) is 24.0. The minimum absolute atomic E-state index is 0.182. The molecule has 0 aliphatic carbocycles. The molecule has 0 amide bonds. The lowest BCUT2D eigenvalue weighted by Gasteiger charge is -2.36. The second-order valence-electron chi connectivity index (χ2n) is 15.2. The molecule has 10 heteroatoms. The van der Waals surface area contributed by atoms with Crippen molar-refractivity contribution in [3.8, 4) is 16.9 Å². The third kappa shape index (κ3) is 16.0. The molecule has 3 atom stereocenters. The number of carbonyl (C=O) groups is 1. The highest BCUT2D eigenvalue weighted by molar-refractivity contribution is 7.68. The Morgan fingerprint density at radius 1 is 0.741 bits per heavy atom. The highest BCUT2D eigenvalue weighted by Crippen LogP contribution is 2.58. The SMILES string of the molecule is CC(C)C=O.CCCCN.CCCCN=CC(C)C.CCCCNC(C(C)C)P1(=O)Oc2ccccc2-c2ccccc21.O=[p+]1oc2ccccc2c2ccccc21. The molecule has 5 aromatic rings. The van der Waals surface area contributed by atoms with Crippen molar-refractivity contribution in [3.05, 3.63) is 97.1 Å². The predicted molar refractivity (Wildman–Crippen MR) is 251 cm³/mol. The third-order valence-corrected chi connectivity index (χ3v) is 13.1. The van der Waals surface area contributed by atoms with Crippen LogP contribution in [0.25, 0.3) is 32.6 Å². The van der Waals surface area contributed by atoms with Gasteiger partial charge in [0.25, 0.3) is 7.37 Å². The van der Waals surface area contributed by atoms with Gasteiger partial charge in [-0.2, -0.15) is 0 Å². The largest absolute Gasteiger partial charge is 0.597 e. The van der Waals surface area contributed by atoms with Crippen LogP contribution < -0.4 is 20.9 Å². The van der Waals surface area contributed by atoms with Gasteiger partial charge < -0.3 is 20.4 Å². The average Bonchev–Trinajstić information content (AvgIpc) is 3.22. The Morgan fingerprint density at radius 2 is 1.31 bits per heavy atom. The number of para-hydroxylation sites is 2. The molecule has 1 aliphatic rings. The summed E-state index contributed by atoms with van der Waals surface area (Å²) in [6, 6.07) is 31.2. The third-order valence-electron chi connectivity index (χ3n) is 8.87. The van der Waals surface area contributed by atoms with Gasteiger partial charge in [0, 0.05) is 35.0 Å². The Bertz CT molecular complexity index is 2060. The van der Waals surface area contributed by atoms with Crippen molar-refractivity contribution >= 4 is 54.3 Å². The van der Waals surface area contributed by atoms with Gasteiger partial charge in [-0.3, -0.25) is 9.56 Å². The Kier molecular flexibility index (Phi) is 24.0. The van der Waals surface area contributed by atoms with E-state index in [1.54, 1.807) is 0 Å². The fraction of sp³-hybridized carbons (Fsp3) is 0.458. The molecule has 1 aliphatic heterocycles. The highest BCUT2D eigenvalue weighted by Gasteiger charge is 2.44. The molecule has 4 aromatic carbocycles. The molecule has 3 unspecified atom stereocenters. The first kappa shape index (κ1) is 50.2. The lowest BCUT2D eigenvalue weighted by molar-refractivity contribution is -0.110. The molecule has 6 rings (SSSR count). The Morgan fingerprint density at radius 3 is 1.90 bits per heavy atom. The number of aliphatic imine (C=N–C) groups is 1. The van der Waals surface area contributed by atoms with Gasteiger partial charge in [-0.25, -0.2) is 4.20 Å². The maximum Gasteiger partial charge on any atom is 0.597 e. The van der Waals surface area contributed by atoms with Gasteiger partial charge in [0.1, 0.15) is 17.8 Å². The lowest BCUT2D eigenvalue weighted by atomic mass is 10.0. The highest BCUT2D eigenvalue weighted by atomic mass is 31.2. The fourth-order valence-corrected chi connectivity index (χ4v) is 9.80. The average molecular weight is 831 g/mol. The first-order chi connectivity index (χ1) is 27.9. The van der Waals surface area contributed by atoms with Gasteiger partial charge in [0.15, 0.2) is 5.58 Å². The zero-order valence-electron chi connectivity index (χ0n) is 36.5. The van der Waals surface area contributed by atoms with Crippen molar-refractivity contribution in [2.24, 2.45) is 28.5 Å². The van der Waals surface area contributed by atoms with Crippen LogP contribution in [-0.2, 0) is 13.9 Å². The number of nitrogens with zero attached hydrogens (tertiary/aromatic N) is 1. The first-order valence-electron chi connectivity index (χ1n) is 21.1. The van der Waals surface area contributed by atoms with Gasteiger partial charge in [-0.1, -0.05) is 148 Å². The van der Waals surface area contributed by atoms with Crippen LogP contribution in [0.1, 0.15) is 101 Å². The summed E-state index contributed by atoms with van der Waals surface area (Å²) in [5.74, 6) is 1.57. The van der Waals surface area contributed by atoms with Crippen molar-refractivity contribution in [2.75, 3.05) is 19.6 Å². The van der Waals surface area contributed by atoms with Crippen LogP contribution in [-0.4, -0.2) is 37.9 Å². The van der Waals surface area contributed by atoms with Crippen molar-refractivity contribution in [3.63, 3.8) is 0 Å². The monoisotopic (exact) mass is 830 g/mol. The number of nitrogens with one attached hydrogen (secondary N) is 1. The fourth-order valence-electron chi connectivity index (χ4n) is 5.83. The summed E-state index contributed by atoms with van der Waals surface area (Å²) in [7, 11) is -4.80. The van der Waals surface area contributed by atoms with Crippen LogP contribution in [0, 0.1) is 17.8 Å². The minimum Gasteiger partial charge on any atom is -0.438 e. The molecule has 0 fully saturated rings. The number of unbranched alkanes of at least 4 members (excludes halogenated alkanes) is 3. The van der Waals surface area contributed by atoms with Crippen molar-refractivity contribution in [1.29, 1.82) is 0 Å². The van der Waals surface area contributed by atoms with E-state index >= 15 is 0 Å². The summed E-state index contributed by atoms with van der Waals surface area (Å²) >= 11 is 0. The molecule has 0 saturated heterocycles. The Hall–Kier alpha value is -3.93. The molecule has 0 spiro atoms. The molecule has 0 bridgehead atoms. The molecular weight excluding hydrogens is 760 g/mol. The van der Waals surface area contributed by atoms with Crippen molar-refractivity contribution in [1.82, 2.24) is 5.32 Å². The molecule has 1 aromatic heterocycles. The van der Waals surface area contributed by atoms with Crippen molar-refractivity contribution < 1.29 is 22.6 Å². The topological polar surface area (TPSA) is 124 Å². The maximum atomic E-state index is 14.1. The van der Waals surface area contributed by atoms with E-state index in [1.165, 1.54) is 25.7 Å². The number of hydrogen-bond donors (Lipinski definition) is 2. The van der Waals surface area contributed by atoms with Gasteiger partial charge >= 0.3 is 7.65 Å². The van der Waals surface area contributed by atoms with Crippen LogP contribution >= 0.6 is 15.0 Å². The van der Waals surface area contributed by atoms with Crippen LogP contribution in [0.4, 0.5) is 0 Å². The summed E-state index contributed by atoms with van der Waals surface area (Å²) < 4.78 is 37.4. The Balaban J connectivity index is 0.000000290. The molecular formula is C48H70N3O5P2+. The van der Waals surface area contributed by atoms with Gasteiger partial charge in [0.2, 0.25) is 5.12 Å². The summed E-state index contributed by atoms with van der Waals surface area (Å²) in [6.07, 6.45) is 9.98. The maximum absolute atomic E-state index is 14.1. The summed E-state index contributed by atoms with van der Waals surface area (Å²) in [5.41, 5.74) is 7.90. The zero-order chi connectivity index (χ0) is 42.9. The molecule has 316 valence electrons. The van der Waals surface area contributed by atoms with Crippen LogP contribution in [0.15, 0.2) is 106 Å². The van der Waals surface area contributed by atoms with Crippen LogP contribution in [0.2, 0.25) is 0 Å². The quantitative estimate of drug-likeness (QED) is 0.0398. The van der Waals surface area contributed by atoms with Gasteiger partial charge in [0.05, 0.1) is 5.30 Å². The van der Waals surface area contributed by atoms with E-state index in [1.807, 2.05) is 117 Å². The molecule has 0 saturated carbocycles. The molecule has 2 heterocycles. The molecule has 8 nitrogen and oxygen atoms in total. The van der Waals surface area contributed by atoms with Crippen molar-refractivity contribution in [2.45, 2.75) is 107 Å². The van der Waals surface area contributed by atoms with Crippen LogP contribution in [0.5, 0.6) is 5.75 Å². The van der Waals surface area contributed by atoms with E-state index in [0.717, 1.165) is 76.8 Å². The van der Waals surface area contributed by atoms with E-state index in [4.69, 9.17) is 14.5 Å². The number of fused-ring (bicyclic) bond motifs is 6. The molecule has 0 radical (unpaired) electrons. The normalized spacial score (nSPS) is 14.7. The summed E-state index contributed by atoms with van der Waals surface area (Å²) in [6.45, 7) is 21.4. The predicted octanol–water partition coefficient (Wildman–Crippen LogP) is 13.4. The second kappa shape index (κ2) is 27.7. The number of hydrogen-bond acceptors (Lipinski definition) is 8. The summed E-state index contributed by atoms with van der Waals surface area (Å²) in [4.78, 5) is 13.7. The van der Waals surface area contributed by atoms with E-state index in [0.29, 0.717) is 11.5 Å². The standard InChI is InChI=1S/C20H26NO2P.C12H8O2P.C8H17N.C4H11N.C4H8O/c1-4-5-14-21-20(15(2)3)24(22)19-13-9-7-11-17(19)16-10-6-8-12-18(16)23-24;13-15-12-8-4-2-6-10(12)9-5-1-3-7-11(9)14-15;1-4-5-6-9-7-8(2)3;1-2-3-4-5;1-4(2)3-5/h6-13,15,20-21H,4-5,14H2,1-3H3;1-8H;7-8H,4-6H2,1-3H3;2-5H2,1H3;3-4H,1-2H3/q;+1;;;. The Labute approximate surface area is 349 Å². The molecule has 58 heavy (non-hydrogen) atoms. The number of carbonyl (C=O) groups excluding carboxylic acids is 1. The van der Waals surface area contributed by atoms with E-state index in [-0.39, 0.29) is 17.6 Å². The lowest BCUT2D eigenvalue weighted by Crippen LogP contribution is -2.40. The minimum atomic E-state index is -3.05. The second-order valence-corrected chi connectivity index (χ2v) is 18.8. The number of aldehydes is 1. The molecule has 3 N–H and O–H groups in total. The number of nitrogens with two attached hydrogens (primary N) is 1. The van der Waals surface area contributed by atoms with E-state index < -0.39 is 15.0 Å². The van der Waals surface area contributed by atoms with Gasteiger partial charge in [-0.15, -0.1) is 0 Å². The van der Waals surface area contributed by atoms with E-state index in [2.05, 4.69) is 58.8 Å². The van der Waals surface area contributed by atoms with Gasteiger partial charge in [-0.05, 0) is 84.6 Å².